The molecular weight excluding hydrogens is 427 g/mol. The van der Waals surface area contributed by atoms with Crippen LogP contribution in [0.5, 0.6) is 0 Å². The topological polar surface area (TPSA) is 99.7 Å². The number of carbonyl (C=O) groups excluding carboxylic acids is 4. The summed E-state index contributed by atoms with van der Waals surface area (Å²) in [5.41, 5.74) is -0.596. The van der Waals surface area contributed by atoms with E-state index in [1.54, 1.807) is 37.5 Å². The third-order valence-electron chi connectivity index (χ3n) is 6.34. The summed E-state index contributed by atoms with van der Waals surface area (Å²) < 4.78 is 14.2. The van der Waals surface area contributed by atoms with Gasteiger partial charge in [0.25, 0.3) is 0 Å². The molecule has 2 atom stereocenters. The molecular formula is C24H25FN4O4. The molecule has 1 aromatic heterocycles. The van der Waals surface area contributed by atoms with Gasteiger partial charge in [-0.15, -0.1) is 0 Å². The molecule has 2 aromatic rings. The number of benzene rings is 1. The minimum Gasteiger partial charge on any atom is -0.353 e. The van der Waals surface area contributed by atoms with Crippen molar-refractivity contribution >= 4 is 23.6 Å². The third kappa shape index (κ3) is 4.22. The molecule has 2 aliphatic rings. The Kier molecular flexibility index (Phi) is 6.22. The summed E-state index contributed by atoms with van der Waals surface area (Å²) in [5, 5.41) is 2.74. The van der Waals surface area contributed by atoms with Crippen LogP contribution < -0.4 is 5.32 Å². The highest BCUT2D eigenvalue weighted by Crippen LogP contribution is 2.41. The lowest BCUT2D eigenvalue weighted by Gasteiger charge is -2.37. The summed E-state index contributed by atoms with van der Waals surface area (Å²) >= 11 is 0. The van der Waals surface area contributed by atoms with Crippen molar-refractivity contribution in [3.05, 3.63) is 65.7 Å². The van der Waals surface area contributed by atoms with E-state index in [0.29, 0.717) is 25.1 Å². The van der Waals surface area contributed by atoms with Crippen LogP contribution in [0.25, 0.3) is 0 Å². The SMILES string of the molecule is CCC1C(=O)NCCN1C(=O)CC1(c2cccc(F)c2)CC(=O)N(Cc2cccnc2)C1=O. The van der Waals surface area contributed by atoms with Crippen molar-refractivity contribution in [3.8, 4) is 0 Å². The second kappa shape index (κ2) is 9.09. The predicted molar refractivity (Wildman–Crippen MR) is 116 cm³/mol. The molecule has 0 bridgehead atoms. The third-order valence-corrected chi connectivity index (χ3v) is 6.34. The second-order valence-electron chi connectivity index (χ2n) is 8.39. The van der Waals surface area contributed by atoms with E-state index in [-0.39, 0.29) is 30.9 Å². The van der Waals surface area contributed by atoms with Gasteiger partial charge in [0.15, 0.2) is 0 Å². The smallest absolute Gasteiger partial charge is 0.242 e. The molecule has 1 N–H and O–H groups in total. The number of halogens is 1. The molecule has 9 heteroatoms. The van der Waals surface area contributed by atoms with E-state index in [9.17, 15) is 23.6 Å². The molecule has 4 rings (SSSR count). The van der Waals surface area contributed by atoms with Crippen LogP contribution in [0, 0.1) is 5.82 Å². The molecule has 2 aliphatic heterocycles. The monoisotopic (exact) mass is 452 g/mol. The molecule has 0 spiro atoms. The first-order chi connectivity index (χ1) is 15.9. The van der Waals surface area contributed by atoms with Gasteiger partial charge < -0.3 is 10.2 Å². The lowest BCUT2D eigenvalue weighted by Crippen LogP contribution is -2.58. The van der Waals surface area contributed by atoms with E-state index in [0.717, 1.165) is 4.90 Å². The van der Waals surface area contributed by atoms with Gasteiger partial charge in [-0.3, -0.25) is 29.1 Å². The van der Waals surface area contributed by atoms with Crippen LogP contribution in [0.15, 0.2) is 48.8 Å². The van der Waals surface area contributed by atoms with Crippen LogP contribution in [-0.4, -0.2) is 57.5 Å². The summed E-state index contributed by atoms with van der Waals surface area (Å²) in [6, 6.07) is 8.28. The molecule has 1 aromatic carbocycles. The number of nitrogens with one attached hydrogen (secondary N) is 1. The van der Waals surface area contributed by atoms with Gasteiger partial charge in [0.1, 0.15) is 11.9 Å². The standard InChI is InChI=1S/C24H25FN4O4/c1-2-19-22(32)27-9-10-28(19)20(30)12-24(17-6-3-7-18(25)11-17)13-21(31)29(23(24)33)15-16-5-4-8-26-14-16/h3-8,11,14,19H,2,9-10,12-13,15H2,1H3,(H,27,32). The zero-order valence-electron chi connectivity index (χ0n) is 18.3. The summed E-state index contributed by atoms with van der Waals surface area (Å²) in [6.45, 7) is 2.44. The molecule has 8 nitrogen and oxygen atoms in total. The minimum absolute atomic E-state index is 0.0144. The zero-order chi connectivity index (χ0) is 23.6. The molecule has 2 saturated heterocycles. The van der Waals surface area contributed by atoms with Crippen molar-refractivity contribution in [2.45, 2.75) is 44.2 Å². The van der Waals surface area contributed by atoms with E-state index in [2.05, 4.69) is 10.3 Å². The molecule has 33 heavy (non-hydrogen) atoms. The van der Waals surface area contributed by atoms with Crippen molar-refractivity contribution in [3.63, 3.8) is 0 Å². The van der Waals surface area contributed by atoms with Crippen LogP contribution >= 0.6 is 0 Å². The molecule has 0 saturated carbocycles. The first-order valence-corrected chi connectivity index (χ1v) is 10.9. The zero-order valence-corrected chi connectivity index (χ0v) is 18.3. The maximum Gasteiger partial charge on any atom is 0.242 e. The van der Waals surface area contributed by atoms with Crippen LogP contribution in [0.3, 0.4) is 0 Å². The van der Waals surface area contributed by atoms with Gasteiger partial charge in [-0.1, -0.05) is 25.1 Å². The summed E-state index contributed by atoms with van der Waals surface area (Å²) in [7, 11) is 0. The number of aromatic nitrogens is 1. The number of nitrogens with zero attached hydrogens (tertiary/aromatic N) is 3. The molecule has 0 aliphatic carbocycles. The van der Waals surface area contributed by atoms with Crippen LogP contribution in [0.1, 0.15) is 37.3 Å². The Labute approximate surface area is 190 Å². The molecule has 172 valence electrons. The predicted octanol–water partition coefficient (Wildman–Crippen LogP) is 1.54. The number of pyridine rings is 1. The highest BCUT2D eigenvalue weighted by atomic mass is 19.1. The number of amides is 4. The van der Waals surface area contributed by atoms with Gasteiger partial charge >= 0.3 is 0 Å². The van der Waals surface area contributed by atoms with E-state index < -0.39 is 35.0 Å². The van der Waals surface area contributed by atoms with Crippen molar-refractivity contribution in [1.29, 1.82) is 0 Å². The Hall–Kier alpha value is -3.62. The fourth-order valence-corrected chi connectivity index (χ4v) is 4.67. The minimum atomic E-state index is -1.54. The van der Waals surface area contributed by atoms with Gasteiger partial charge in [0.2, 0.25) is 23.6 Å². The van der Waals surface area contributed by atoms with Gasteiger partial charge in [-0.25, -0.2) is 4.39 Å². The van der Waals surface area contributed by atoms with E-state index in [4.69, 9.17) is 0 Å². The second-order valence-corrected chi connectivity index (χ2v) is 8.39. The molecule has 0 radical (unpaired) electrons. The van der Waals surface area contributed by atoms with Crippen LogP contribution in [0.2, 0.25) is 0 Å². The van der Waals surface area contributed by atoms with Crippen molar-refractivity contribution in [1.82, 2.24) is 20.1 Å². The van der Waals surface area contributed by atoms with Crippen LogP contribution in [-0.2, 0) is 31.1 Å². The Balaban J connectivity index is 1.69. The fraction of sp³-hybridized carbons (Fsp3) is 0.375. The quantitative estimate of drug-likeness (QED) is 0.671. The van der Waals surface area contributed by atoms with Gasteiger partial charge in [-0.2, -0.15) is 0 Å². The highest BCUT2D eigenvalue weighted by molar-refractivity contribution is 6.10. The highest BCUT2D eigenvalue weighted by Gasteiger charge is 2.54. The number of rotatable bonds is 6. The largest absolute Gasteiger partial charge is 0.353 e. The lowest BCUT2D eigenvalue weighted by molar-refractivity contribution is -0.147. The van der Waals surface area contributed by atoms with E-state index in [1.807, 2.05) is 0 Å². The molecule has 2 unspecified atom stereocenters. The Bertz CT molecular complexity index is 1090. The number of carbonyl (C=O) groups is 4. The first kappa shape index (κ1) is 22.6. The number of likely N-dealkylation sites (tertiary alicyclic amines) is 1. The Morgan fingerprint density at radius 2 is 2.06 bits per heavy atom. The first-order valence-electron chi connectivity index (χ1n) is 10.9. The van der Waals surface area contributed by atoms with Crippen molar-refractivity contribution in [2.75, 3.05) is 13.1 Å². The fourth-order valence-electron chi connectivity index (χ4n) is 4.67. The maximum atomic E-state index is 14.2. The van der Waals surface area contributed by atoms with E-state index >= 15 is 0 Å². The normalized spacial score (nSPS) is 23.1. The number of imide groups is 1. The molecule has 4 amide bonds. The summed E-state index contributed by atoms with van der Waals surface area (Å²) in [4.78, 5) is 58.9. The lowest BCUT2D eigenvalue weighted by atomic mass is 9.75. The number of piperazine rings is 1. The van der Waals surface area contributed by atoms with Gasteiger partial charge in [0, 0.05) is 38.3 Å². The van der Waals surface area contributed by atoms with Crippen molar-refractivity contribution in [2.24, 2.45) is 0 Å². The molecule has 2 fully saturated rings. The maximum absolute atomic E-state index is 14.2. The van der Waals surface area contributed by atoms with Gasteiger partial charge in [0.05, 0.1) is 12.0 Å². The average molecular weight is 452 g/mol. The number of hydrogen-bond donors (Lipinski definition) is 1. The van der Waals surface area contributed by atoms with Gasteiger partial charge in [-0.05, 0) is 35.7 Å². The summed E-state index contributed by atoms with van der Waals surface area (Å²) in [5.74, 6) is -2.21. The van der Waals surface area contributed by atoms with Crippen LogP contribution in [0.4, 0.5) is 4.39 Å². The average Bonchev–Trinajstić information content (AvgIpc) is 3.04. The Morgan fingerprint density at radius 3 is 2.76 bits per heavy atom. The summed E-state index contributed by atoms with van der Waals surface area (Å²) in [6.07, 6.45) is 2.99. The number of hydrogen-bond acceptors (Lipinski definition) is 5. The van der Waals surface area contributed by atoms with Crippen molar-refractivity contribution < 1.29 is 23.6 Å². The Morgan fingerprint density at radius 1 is 1.24 bits per heavy atom. The van der Waals surface area contributed by atoms with E-state index in [1.165, 1.54) is 23.1 Å². The molecule has 3 heterocycles.